The van der Waals surface area contributed by atoms with Crippen molar-refractivity contribution in [1.82, 2.24) is 19.1 Å². The predicted molar refractivity (Wildman–Crippen MR) is 99.6 cm³/mol. The van der Waals surface area contributed by atoms with E-state index in [0.717, 1.165) is 6.26 Å². The lowest BCUT2D eigenvalue weighted by Crippen LogP contribution is -2.54. The summed E-state index contributed by atoms with van der Waals surface area (Å²) in [4.78, 5) is 18.9. The Morgan fingerprint density at radius 2 is 2.15 bits per heavy atom. The maximum absolute atomic E-state index is 13.1. The Bertz CT molecular complexity index is 917. The zero-order valence-corrected chi connectivity index (χ0v) is 16.8. The Morgan fingerprint density at radius 1 is 1.41 bits per heavy atom. The van der Waals surface area contributed by atoms with E-state index in [1.54, 1.807) is 28.9 Å². The van der Waals surface area contributed by atoms with Crippen LogP contribution in [-0.4, -0.2) is 52.2 Å². The molecule has 0 aromatic carbocycles. The summed E-state index contributed by atoms with van der Waals surface area (Å²) in [5, 5.41) is 4.11. The molecule has 1 aliphatic heterocycles. The number of rotatable bonds is 6. The van der Waals surface area contributed by atoms with Gasteiger partial charge >= 0.3 is 0 Å². The molecular weight excluding hydrogens is 370 g/mol. The number of piperidine rings is 1. The molecule has 1 amide bonds. The molecule has 2 aromatic rings. The summed E-state index contributed by atoms with van der Waals surface area (Å²) in [6.45, 7) is 4.45. The van der Waals surface area contributed by atoms with Gasteiger partial charge < -0.3 is 4.42 Å². The molecule has 148 valence electrons. The van der Waals surface area contributed by atoms with Gasteiger partial charge in [-0.2, -0.15) is 9.40 Å². The fourth-order valence-corrected chi connectivity index (χ4v) is 4.47. The largest absolute Gasteiger partial charge is 0.448 e. The van der Waals surface area contributed by atoms with Gasteiger partial charge in [0.2, 0.25) is 15.9 Å². The molecule has 1 aliphatic rings. The lowest BCUT2D eigenvalue weighted by Gasteiger charge is -2.36. The molecule has 0 spiro atoms. The Kier molecular flexibility index (Phi) is 5.38. The van der Waals surface area contributed by atoms with E-state index < -0.39 is 16.1 Å². The fraction of sp³-hybridized carbons (Fsp3) is 0.588. The molecule has 0 saturated carbocycles. The van der Waals surface area contributed by atoms with Crippen LogP contribution in [0.2, 0.25) is 0 Å². The first-order valence-electron chi connectivity index (χ1n) is 8.88. The van der Waals surface area contributed by atoms with E-state index in [0.29, 0.717) is 36.7 Å². The Hall–Kier alpha value is -2.20. The second kappa shape index (κ2) is 7.43. The first kappa shape index (κ1) is 19.6. The molecule has 0 N–H and O–H groups in total. The zero-order valence-electron chi connectivity index (χ0n) is 16.0. The van der Waals surface area contributed by atoms with E-state index in [2.05, 4.69) is 10.1 Å². The van der Waals surface area contributed by atoms with Crippen molar-refractivity contribution in [2.24, 2.45) is 7.05 Å². The van der Waals surface area contributed by atoms with Crippen LogP contribution in [0.1, 0.15) is 44.1 Å². The van der Waals surface area contributed by atoms with Crippen molar-refractivity contribution < 1.29 is 17.6 Å². The highest BCUT2D eigenvalue weighted by Gasteiger charge is 2.39. The SMILES string of the molecule is CC(C)c1ocnc1CN([C@H]1CCCN(c2ccnn2C)C1=O)S(C)(=O)=O. The molecule has 0 unspecified atom stereocenters. The smallest absolute Gasteiger partial charge is 0.246 e. The first-order valence-corrected chi connectivity index (χ1v) is 10.7. The third-order valence-electron chi connectivity index (χ3n) is 4.76. The third kappa shape index (κ3) is 3.91. The Balaban J connectivity index is 1.92. The van der Waals surface area contributed by atoms with Gasteiger partial charge in [0.25, 0.3) is 0 Å². The highest BCUT2D eigenvalue weighted by atomic mass is 32.2. The van der Waals surface area contributed by atoms with E-state index in [4.69, 9.17) is 4.42 Å². The number of aryl methyl sites for hydroxylation is 1. The van der Waals surface area contributed by atoms with Crippen LogP contribution in [0.3, 0.4) is 0 Å². The van der Waals surface area contributed by atoms with Crippen LogP contribution in [0.15, 0.2) is 23.1 Å². The van der Waals surface area contributed by atoms with E-state index in [9.17, 15) is 13.2 Å². The molecule has 0 radical (unpaired) electrons. The minimum atomic E-state index is -3.64. The van der Waals surface area contributed by atoms with Crippen molar-refractivity contribution in [3.63, 3.8) is 0 Å². The van der Waals surface area contributed by atoms with Gasteiger partial charge in [-0.1, -0.05) is 13.8 Å². The van der Waals surface area contributed by atoms with Crippen LogP contribution in [0, 0.1) is 0 Å². The second-order valence-electron chi connectivity index (χ2n) is 7.09. The summed E-state index contributed by atoms with van der Waals surface area (Å²) in [6.07, 6.45) is 5.22. The van der Waals surface area contributed by atoms with Gasteiger partial charge in [-0.3, -0.25) is 14.4 Å². The van der Waals surface area contributed by atoms with Crippen LogP contribution in [0.25, 0.3) is 0 Å². The van der Waals surface area contributed by atoms with Crippen molar-refractivity contribution in [2.45, 2.75) is 45.2 Å². The first-order chi connectivity index (χ1) is 12.7. The molecule has 1 fully saturated rings. The molecular formula is C17H25N5O4S. The molecule has 0 bridgehead atoms. The number of anilines is 1. The third-order valence-corrected chi connectivity index (χ3v) is 5.99. The lowest BCUT2D eigenvalue weighted by molar-refractivity contribution is -0.123. The summed E-state index contributed by atoms with van der Waals surface area (Å²) in [5.41, 5.74) is 0.542. The number of sulfonamides is 1. The van der Waals surface area contributed by atoms with Gasteiger partial charge in [0, 0.05) is 25.6 Å². The van der Waals surface area contributed by atoms with Crippen molar-refractivity contribution in [1.29, 1.82) is 0 Å². The summed E-state index contributed by atoms with van der Waals surface area (Å²) in [7, 11) is -1.88. The van der Waals surface area contributed by atoms with Crippen LogP contribution in [0.4, 0.5) is 5.82 Å². The van der Waals surface area contributed by atoms with E-state index in [1.165, 1.54) is 10.7 Å². The topological polar surface area (TPSA) is 102 Å². The van der Waals surface area contributed by atoms with Gasteiger partial charge in [-0.05, 0) is 12.8 Å². The molecule has 3 rings (SSSR count). The fourth-order valence-electron chi connectivity index (χ4n) is 3.46. The number of hydrogen-bond acceptors (Lipinski definition) is 6. The van der Waals surface area contributed by atoms with Gasteiger partial charge in [-0.25, -0.2) is 13.4 Å². The van der Waals surface area contributed by atoms with Crippen LogP contribution >= 0.6 is 0 Å². The Morgan fingerprint density at radius 3 is 2.74 bits per heavy atom. The summed E-state index contributed by atoms with van der Waals surface area (Å²) < 4.78 is 33.3. The number of hydrogen-bond donors (Lipinski definition) is 0. The number of aromatic nitrogens is 3. The van der Waals surface area contributed by atoms with Crippen molar-refractivity contribution in [3.05, 3.63) is 30.1 Å². The molecule has 9 nitrogen and oxygen atoms in total. The average Bonchev–Trinajstić information content (AvgIpc) is 3.21. The number of nitrogens with zero attached hydrogens (tertiary/aromatic N) is 5. The normalized spacial score (nSPS) is 18.7. The maximum Gasteiger partial charge on any atom is 0.246 e. The Labute approximate surface area is 159 Å². The number of amides is 1. The van der Waals surface area contributed by atoms with Gasteiger partial charge in [0.1, 0.15) is 17.6 Å². The average molecular weight is 395 g/mol. The monoisotopic (exact) mass is 395 g/mol. The van der Waals surface area contributed by atoms with Gasteiger partial charge in [0.05, 0.1) is 24.7 Å². The van der Waals surface area contributed by atoms with E-state index in [1.807, 2.05) is 13.8 Å². The molecule has 1 saturated heterocycles. The van der Waals surface area contributed by atoms with Crippen molar-refractivity contribution in [3.8, 4) is 0 Å². The van der Waals surface area contributed by atoms with Gasteiger partial charge in [0.15, 0.2) is 6.39 Å². The second-order valence-corrected chi connectivity index (χ2v) is 9.02. The van der Waals surface area contributed by atoms with E-state index >= 15 is 0 Å². The molecule has 27 heavy (non-hydrogen) atoms. The molecule has 10 heteroatoms. The maximum atomic E-state index is 13.1. The highest BCUT2D eigenvalue weighted by molar-refractivity contribution is 7.88. The lowest BCUT2D eigenvalue weighted by atomic mass is 10.0. The van der Waals surface area contributed by atoms with Gasteiger partial charge in [-0.15, -0.1) is 0 Å². The zero-order chi connectivity index (χ0) is 19.8. The molecule has 2 aromatic heterocycles. The molecule has 1 atom stereocenters. The number of carbonyl (C=O) groups is 1. The molecule has 0 aliphatic carbocycles. The number of oxazole rings is 1. The quantitative estimate of drug-likeness (QED) is 0.734. The molecule has 3 heterocycles. The van der Waals surface area contributed by atoms with Crippen molar-refractivity contribution in [2.75, 3.05) is 17.7 Å². The van der Waals surface area contributed by atoms with Crippen LogP contribution < -0.4 is 4.90 Å². The standard InChI is InChI=1S/C17H25N5O4S/c1-12(2)16-13(18-11-26-16)10-22(27(4,24)25)14-6-5-9-21(17(14)23)15-7-8-19-20(15)3/h7-8,11-12,14H,5-6,9-10H2,1-4H3/t14-/m0/s1. The predicted octanol–water partition coefficient (Wildman–Crippen LogP) is 1.49. The summed E-state index contributed by atoms with van der Waals surface area (Å²) >= 11 is 0. The number of carbonyl (C=O) groups excluding carboxylic acids is 1. The van der Waals surface area contributed by atoms with Crippen molar-refractivity contribution >= 4 is 21.7 Å². The summed E-state index contributed by atoms with van der Waals surface area (Å²) in [5.74, 6) is 1.11. The van der Waals surface area contributed by atoms with E-state index in [-0.39, 0.29) is 18.4 Å². The minimum Gasteiger partial charge on any atom is -0.448 e. The summed E-state index contributed by atoms with van der Waals surface area (Å²) in [6, 6.07) is 0.972. The van der Waals surface area contributed by atoms with Crippen LogP contribution in [-0.2, 0) is 28.4 Å². The highest BCUT2D eigenvalue weighted by Crippen LogP contribution is 2.27. The minimum absolute atomic E-state index is 0.0124. The van der Waals surface area contributed by atoms with Crippen LogP contribution in [0.5, 0.6) is 0 Å².